The maximum atomic E-state index is 10.5. The molecule has 0 atom stereocenters. The van der Waals surface area contributed by atoms with Crippen molar-refractivity contribution >= 4 is 7.82 Å². The summed E-state index contributed by atoms with van der Waals surface area (Å²) in [5, 5.41) is 0. The molecule has 0 saturated carbocycles. The van der Waals surface area contributed by atoms with Crippen molar-refractivity contribution in [3.63, 3.8) is 0 Å². The van der Waals surface area contributed by atoms with Gasteiger partial charge in [0.15, 0.2) is 0 Å². The van der Waals surface area contributed by atoms with Gasteiger partial charge in [0.25, 0.3) is 0 Å². The smallest absolute Gasteiger partial charge is 0.404 e. The molecule has 0 spiro atoms. The zero-order valence-electron chi connectivity index (χ0n) is 6.75. The lowest BCUT2D eigenvalue weighted by Crippen LogP contribution is -2.00. The molecule has 5 nitrogen and oxygen atoms in total. The van der Waals surface area contributed by atoms with Gasteiger partial charge >= 0.3 is 7.82 Å². The van der Waals surface area contributed by atoms with E-state index < -0.39 is 7.82 Å². The van der Waals surface area contributed by atoms with Crippen LogP contribution in [0.3, 0.4) is 0 Å². The Hall–Kier alpha value is -0.870. The molecule has 0 radical (unpaired) electrons. The van der Waals surface area contributed by atoms with Gasteiger partial charge in [-0.2, -0.15) is 0 Å². The molecule has 6 heteroatoms. The van der Waals surface area contributed by atoms with E-state index in [-0.39, 0.29) is 12.3 Å². The molecule has 0 aromatic heterocycles. The van der Waals surface area contributed by atoms with Crippen LogP contribution in [0.4, 0.5) is 0 Å². The lowest BCUT2D eigenvalue weighted by molar-refractivity contribution is 0.282. The Morgan fingerprint density at radius 1 is 1.38 bits per heavy atom. The van der Waals surface area contributed by atoms with Crippen molar-refractivity contribution in [3.05, 3.63) is 29.8 Å². The third-order valence-electron chi connectivity index (χ3n) is 1.41. The molecule has 4 N–H and O–H groups in total. The fourth-order valence-corrected chi connectivity index (χ4v) is 1.32. The van der Waals surface area contributed by atoms with Gasteiger partial charge < -0.3 is 10.3 Å². The second kappa shape index (κ2) is 3.89. The van der Waals surface area contributed by atoms with Crippen molar-refractivity contribution in [1.29, 1.82) is 0 Å². The minimum absolute atomic E-state index is 0.123. The highest BCUT2D eigenvalue weighted by Gasteiger charge is 2.17. The molecule has 0 amide bonds. The van der Waals surface area contributed by atoms with Crippen LogP contribution < -0.4 is 10.3 Å². The van der Waals surface area contributed by atoms with E-state index in [1.54, 1.807) is 18.2 Å². The molecule has 0 unspecified atom stereocenters. The second-order valence-corrected chi connectivity index (χ2v) is 3.56. The maximum absolute atomic E-state index is 10.5. The van der Waals surface area contributed by atoms with Crippen LogP contribution in [0.25, 0.3) is 0 Å². The van der Waals surface area contributed by atoms with Crippen LogP contribution in [0.1, 0.15) is 5.56 Å². The first-order valence-electron chi connectivity index (χ1n) is 3.56. The molecule has 13 heavy (non-hydrogen) atoms. The average molecular weight is 203 g/mol. The van der Waals surface area contributed by atoms with Gasteiger partial charge in [-0.05, 0) is 6.07 Å². The number of benzene rings is 1. The SMILES string of the molecule is NCc1ccccc1OP(=O)(O)O. The van der Waals surface area contributed by atoms with Crippen LogP contribution in [0.5, 0.6) is 5.75 Å². The Morgan fingerprint density at radius 2 is 2.00 bits per heavy atom. The average Bonchev–Trinajstić information content (AvgIpc) is 2.02. The normalized spacial score (nSPS) is 11.3. The van der Waals surface area contributed by atoms with Crippen molar-refractivity contribution in [2.45, 2.75) is 6.54 Å². The Kier molecular flexibility index (Phi) is 3.06. The third-order valence-corrected chi connectivity index (χ3v) is 1.84. The number of hydrogen-bond donors (Lipinski definition) is 3. The van der Waals surface area contributed by atoms with Gasteiger partial charge in [-0.3, -0.25) is 9.79 Å². The van der Waals surface area contributed by atoms with E-state index in [9.17, 15) is 4.57 Å². The Bertz CT molecular complexity index is 335. The van der Waals surface area contributed by atoms with E-state index >= 15 is 0 Å². The summed E-state index contributed by atoms with van der Waals surface area (Å²) in [5.41, 5.74) is 5.90. The summed E-state index contributed by atoms with van der Waals surface area (Å²) >= 11 is 0. The van der Waals surface area contributed by atoms with Crippen molar-refractivity contribution in [2.75, 3.05) is 0 Å². The summed E-state index contributed by atoms with van der Waals surface area (Å²) in [7, 11) is -4.48. The van der Waals surface area contributed by atoms with E-state index in [2.05, 4.69) is 4.52 Å². The zero-order chi connectivity index (χ0) is 9.90. The first-order valence-corrected chi connectivity index (χ1v) is 5.09. The van der Waals surface area contributed by atoms with Gasteiger partial charge in [0.2, 0.25) is 0 Å². The Morgan fingerprint density at radius 3 is 2.54 bits per heavy atom. The molecule has 1 aromatic carbocycles. The van der Waals surface area contributed by atoms with Crippen LogP contribution in [0.2, 0.25) is 0 Å². The molecule has 0 aliphatic carbocycles. The second-order valence-electron chi connectivity index (χ2n) is 2.39. The highest BCUT2D eigenvalue weighted by molar-refractivity contribution is 7.46. The molecular formula is C7H10NO4P. The van der Waals surface area contributed by atoms with Gasteiger partial charge in [-0.15, -0.1) is 0 Å². The minimum atomic E-state index is -4.48. The van der Waals surface area contributed by atoms with Crippen molar-refractivity contribution < 1.29 is 18.9 Å². The molecule has 0 heterocycles. The molecular weight excluding hydrogens is 193 g/mol. The summed E-state index contributed by atoms with van der Waals surface area (Å²) in [5.74, 6) is 0.123. The van der Waals surface area contributed by atoms with Gasteiger partial charge in [0, 0.05) is 12.1 Å². The summed E-state index contributed by atoms with van der Waals surface area (Å²) < 4.78 is 14.9. The monoisotopic (exact) mass is 203 g/mol. The molecule has 72 valence electrons. The molecule has 0 fully saturated rings. The summed E-state index contributed by atoms with van der Waals surface area (Å²) in [6, 6.07) is 6.44. The number of nitrogens with two attached hydrogens (primary N) is 1. The quantitative estimate of drug-likeness (QED) is 0.626. The van der Waals surface area contributed by atoms with Gasteiger partial charge in [0.05, 0.1) is 0 Å². The standard InChI is InChI=1S/C7H10NO4P/c8-5-6-3-1-2-4-7(6)12-13(9,10)11/h1-4H,5,8H2,(H2,9,10,11). The molecule has 0 aliphatic rings. The summed E-state index contributed by atoms with van der Waals surface area (Å²) in [6.45, 7) is 0.177. The highest BCUT2D eigenvalue weighted by Crippen LogP contribution is 2.38. The Labute approximate surface area is 75.4 Å². The third kappa shape index (κ3) is 3.16. The van der Waals surface area contributed by atoms with Crippen molar-refractivity contribution in [1.82, 2.24) is 0 Å². The number of hydrogen-bond acceptors (Lipinski definition) is 3. The van der Waals surface area contributed by atoms with Crippen molar-refractivity contribution in [3.8, 4) is 5.75 Å². The maximum Gasteiger partial charge on any atom is 0.524 e. The van der Waals surface area contributed by atoms with Crippen molar-refractivity contribution in [2.24, 2.45) is 5.73 Å². The largest absolute Gasteiger partial charge is 0.524 e. The molecule has 1 aromatic rings. The first-order chi connectivity index (χ1) is 6.03. The zero-order valence-corrected chi connectivity index (χ0v) is 7.65. The number of para-hydroxylation sites is 1. The number of phosphoric acid groups is 1. The molecule has 0 aliphatic heterocycles. The topological polar surface area (TPSA) is 92.8 Å². The number of rotatable bonds is 3. The van der Waals surface area contributed by atoms with Crippen LogP contribution in [0, 0.1) is 0 Å². The lowest BCUT2D eigenvalue weighted by atomic mass is 10.2. The summed E-state index contributed by atoms with van der Waals surface area (Å²) in [4.78, 5) is 17.1. The van der Waals surface area contributed by atoms with E-state index in [1.165, 1.54) is 6.07 Å². The fourth-order valence-electron chi connectivity index (χ4n) is 0.890. The minimum Gasteiger partial charge on any atom is -0.404 e. The first kappa shape index (κ1) is 10.2. The van der Waals surface area contributed by atoms with E-state index in [1.807, 2.05) is 0 Å². The molecule has 0 saturated heterocycles. The molecule has 1 rings (SSSR count). The fraction of sp³-hybridized carbons (Fsp3) is 0.143. The predicted octanol–water partition coefficient (Wildman–Crippen LogP) is 0.617. The van der Waals surface area contributed by atoms with E-state index in [4.69, 9.17) is 15.5 Å². The lowest BCUT2D eigenvalue weighted by Gasteiger charge is -2.09. The number of phosphoric ester groups is 1. The van der Waals surface area contributed by atoms with E-state index in [0.29, 0.717) is 5.56 Å². The van der Waals surface area contributed by atoms with Gasteiger partial charge in [-0.25, -0.2) is 4.57 Å². The highest BCUT2D eigenvalue weighted by atomic mass is 31.2. The summed E-state index contributed by atoms with van der Waals surface area (Å²) in [6.07, 6.45) is 0. The van der Waals surface area contributed by atoms with Crippen LogP contribution in [0.15, 0.2) is 24.3 Å². The van der Waals surface area contributed by atoms with E-state index in [0.717, 1.165) is 0 Å². The van der Waals surface area contributed by atoms with Gasteiger partial charge in [0.1, 0.15) is 5.75 Å². The van der Waals surface area contributed by atoms with Crippen LogP contribution in [-0.4, -0.2) is 9.79 Å². The Balaban J connectivity index is 2.94. The van der Waals surface area contributed by atoms with Crippen LogP contribution in [-0.2, 0) is 11.1 Å². The predicted molar refractivity (Wildman–Crippen MR) is 47.0 cm³/mol. The van der Waals surface area contributed by atoms with Gasteiger partial charge in [-0.1, -0.05) is 18.2 Å². The molecule has 0 bridgehead atoms. The van der Waals surface area contributed by atoms with Crippen LogP contribution >= 0.6 is 7.82 Å².